The van der Waals surface area contributed by atoms with Crippen LogP contribution in [-0.2, 0) is 6.54 Å². The Morgan fingerprint density at radius 3 is 2.75 bits per heavy atom. The van der Waals surface area contributed by atoms with Gasteiger partial charge in [0.2, 0.25) is 5.95 Å². The number of aromatic nitrogens is 2. The standard InChI is InChI=1S/C14H18BrFN4/c15-10-8-12-13(9-11(10)16)20(14(17)18-12)7-3-6-19-4-1-2-5-19/h8-9H,1-7H2,(H2,17,18). The van der Waals surface area contributed by atoms with Crippen LogP contribution < -0.4 is 5.73 Å². The average Bonchev–Trinajstić information content (AvgIpc) is 3.01. The fourth-order valence-electron chi connectivity index (χ4n) is 2.83. The van der Waals surface area contributed by atoms with Gasteiger partial charge in [0.25, 0.3) is 0 Å². The first-order chi connectivity index (χ1) is 9.65. The van der Waals surface area contributed by atoms with Crippen LogP contribution in [-0.4, -0.2) is 34.1 Å². The minimum absolute atomic E-state index is 0.279. The van der Waals surface area contributed by atoms with Gasteiger partial charge in [-0.1, -0.05) is 0 Å². The summed E-state index contributed by atoms with van der Waals surface area (Å²) in [6.45, 7) is 4.24. The summed E-state index contributed by atoms with van der Waals surface area (Å²) in [5.74, 6) is 0.178. The first-order valence-corrected chi connectivity index (χ1v) is 7.77. The molecule has 0 spiro atoms. The number of benzene rings is 1. The number of fused-ring (bicyclic) bond motifs is 1. The molecule has 1 aromatic carbocycles. The minimum atomic E-state index is -0.279. The molecule has 2 N–H and O–H groups in total. The Kier molecular flexibility index (Phi) is 3.94. The first-order valence-electron chi connectivity index (χ1n) is 6.98. The fourth-order valence-corrected chi connectivity index (χ4v) is 3.16. The van der Waals surface area contributed by atoms with Gasteiger partial charge < -0.3 is 15.2 Å². The molecular formula is C14H18BrFN4. The minimum Gasteiger partial charge on any atom is -0.369 e. The zero-order chi connectivity index (χ0) is 14.1. The van der Waals surface area contributed by atoms with E-state index < -0.39 is 0 Å². The Labute approximate surface area is 125 Å². The molecule has 2 aromatic rings. The van der Waals surface area contributed by atoms with E-state index in [1.165, 1.54) is 32.0 Å². The molecule has 1 saturated heterocycles. The van der Waals surface area contributed by atoms with Crippen molar-refractivity contribution in [3.05, 3.63) is 22.4 Å². The van der Waals surface area contributed by atoms with Crippen LogP contribution in [0.4, 0.5) is 10.3 Å². The second kappa shape index (κ2) is 5.69. The maximum atomic E-state index is 13.7. The largest absolute Gasteiger partial charge is 0.369 e. The number of nitrogens with two attached hydrogens (primary N) is 1. The van der Waals surface area contributed by atoms with E-state index in [0.717, 1.165) is 30.5 Å². The Morgan fingerprint density at radius 1 is 1.25 bits per heavy atom. The molecule has 1 aromatic heterocycles. The second-order valence-corrected chi connectivity index (χ2v) is 6.13. The number of nitrogens with zero attached hydrogens (tertiary/aromatic N) is 3. The lowest BCUT2D eigenvalue weighted by Gasteiger charge is -2.14. The van der Waals surface area contributed by atoms with E-state index >= 15 is 0 Å². The molecule has 0 radical (unpaired) electrons. The molecule has 3 rings (SSSR count). The third-order valence-corrected chi connectivity index (χ3v) is 4.48. The highest BCUT2D eigenvalue weighted by atomic mass is 79.9. The lowest BCUT2D eigenvalue weighted by molar-refractivity contribution is 0.326. The van der Waals surface area contributed by atoms with Gasteiger partial charge in [0.1, 0.15) is 5.82 Å². The summed E-state index contributed by atoms with van der Waals surface area (Å²) in [5.41, 5.74) is 7.45. The molecule has 20 heavy (non-hydrogen) atoms. The molecule has 1 aliphatic rings. The van der Waals surface area contributed by atoms with Crippen molar-refractivity contribution in [3.8, 4) is 0 Å². The van der Waals surface area contributed by atoms with Crippen LogP contribution in [0, 0.1) is 5.82 Å². The van der Waals surface area contributed by atoms with E-state index in [9.17, 15) is 4.39 Å². The number of hydrogen-bond acceptors (Lipinski definition) is 3. The zero-order valence-electron chi connectivity index (χ0n) is 11.3. The summed E-state index contributed by atoms with van der Waals surface area (Å²) >= 11 is 3.18. The normalized spacial score (nSPS) is 16.3. The molecule has 4 nitrogen and oxygen atoms in total. The third-order valence-electron chi connectivity index (χ3n) is 3.87. The summed E-state index contributed by atoms with van der Waals surface area (Å²) in [5, 5.41) is 0. The number of anilines is 1. The summed E-state index contributed by atoms with van der Waals surface area (Å²) in [7, 11) is 0. The van der Waals surface area contributed by atoms with E-state index in [4.69, 9.17) is 5.73 Å². The molecule has 0 atom stereocenters. The molecule has 0 amide bonds. The molecule has 1 fully saturated rings. The summed E-state index contributed by atoms with van der Waals surface area (Å²) in [6, 6.07) is 3.18. The van der Waals surface area contributed by atoms with Gasteiger partial charge in [-0.25, -0.2) is 9.37 Å². The SMILES string of the molecule is Nc1nc2cc(Br)c(F)cc2n1CCCN1CCCC1. The zero-order valence-corrected chi connectivity index (χ0v) is 12.9. The Bertz CT molecular complexity index is 619. The van der Waals surface area contributed by atoms with Gasteiger partial charge in [-0.3, -0.25) is 0 Å². The number of nitrogen functional groups attached to an aromatic ring is 1. The van der Waals surface area contributed by atoms with Crippen LogP contribution in [0.3, 0.4) is 0 Å². The summed E-state index contributed by atoms with van der Waals surface area (Å²) < 4.78 is 16.0. The maximum Gasteiger partial charge on any atom is 0.201 e. The van der Waals surface area contributed by atoms with Crippen LogP contribution in [0.2, 0.25) is 0 Å². The topological polar surface area (TPSA) is 47.1 Å². The van der Waals surface area contributed by atoms with E-state index in [1.54, 1.807) is 6.07 Å². The molecule has 0 saturated carbocycles. The van der Waals surface area contributed by atoms with Crippen molar-refractivity contribution in [1.29, 1.82) is 0 Å². The van der Waals surface area contributed by atoms with Crippen LogP contribution in [0.5, 0.6) is 0 Å². The van der Waals surface area contributed by atoms with Crippen LogP contribution in [0.15, 0.2) is 16.6 Å². The highest BCUT2D eigenvalue weighted by Gasteiger charge is 2.13. The van der Waals surface area contributed by atoms with Gasteiger partial charge in [-0.15, -0.1) is 0 Å². The van der Waals surface area contributed by atoms with Crippen LogP contribution in [0.1, 0.15) is 19.3 Å². The highest BCUT2D eigenvalue weighted by molar-refractivity contribution is 9.10. The number of hydrogen-bond donors (Lipinski definition) is 1. The predicted octanol–water partition coefficient (Wildman–Crippen LogP) is 3.01. The number of aryl methyl sites for hydroxylation is 1. The van der Waals surface area contributed by atoms with Gasteiger partial charge in [0, 0.05) is 12.6 Å². The Balaban J connectivity index is 1.76. The molecule has 0 bridgehead atoms. The molecule has 108 valence electrons. The lowest BCUT2D eigenvalue weighted by Crippen LogP contribution is -2.21. The molecular weight excluding hydrogens is 323 g/mol. The maximum absolute atomic E-state index is 13.7. The van der Waals surface area contributed by atoms with E-state index in [2.05, 4.69) is 25.8 Å². The number of halogens is 2. The predicted molar refractivity (Wildman–Crippen MR) is 82.1 cm³/mol. The molecule has 1 aliphatic heterocycles. The van der Waals surface area contributed by atoms with Crippen LogP contribution >= 0.6 is 15.9 Å². The van der Waals surface area contributed by atoms with E-state index in [0.29, 0.717) is 10.4 Å². The number of imidazole rings is 1. The van der Waals surface area contributed by atoms with Crippen molar-refractivity contribution in [1.82, 2.24) is 14.5 Å². The van der Waals surface area contributed by atoms with Crippen molar-refractivity contribution in [2.24, 2.45) is 0 Å². The smallest absolute Gasteiger partial charge is 0.201 e. The number of rotatable bonds is 4. The average molecular weight is 341 g/mol. The van der Waals surface area contributed by atoms with E-state index in [-0.39, 0.29) is 5.82 Å². The first kappa shape index (κ1) is 13.8. The molecule has 2 heterocycles. The molecule has 0 aliphatic carbocycles. The van der Waals surface area contributed by atoms with Gasteiger partial charge in [0.15, 0.2) is 0 Å². The summed E-state index contributed by atoms with van der Waals surface area (Å²) in [6.07, 6.45) is 3.61. The summed E-state index contributed by atoms with van der Waals surface area (Å²) in [4.78, 5) is 6.76. The molecule has 6 heteroatoms. The van der Waals surface area contributed by atoms with Crippen molar-refractivity contribution in [3.63, 3.8) is 0 Å². The molecule has 0 unspecified atom stereocenters. The van der Waals surface area contributed by atoms with Crippen LogP contribution in [0.25, 0.3) is 11.0 Å². The fraction of sp³-hybridized carbons (Fsp3) is 0.500. The van der Waals surface area contributed by atoms with Gasteiger partial charge in [-0.2, -0.15) is 0 Å². The Morgan fingerprint density at radius 2 is 2.00 bits per heavy atom. The monoisotopic (exact) mass is 340 g/mol. The highest BCUT2D eigenvalue weighted by Crippen LogP contribution is 2.25. The number of likely N-dealkylation sites (tertiary alicyclic amines) is 1. The Hall–Kier alpha value is -1.14. The van der Waals surface area contributed by atoms with Crippen molar-refractivity contribution >= 4 is 32.9 Å². The third kappa shape index (κ3) is 2.67. The van der Waals surface area contributed by atoms with Gasteiger partial charge >= 0.3 is 0 Å². The van der Waals surface area contributed by atoms with Gasteiger partial charge in [-0.05, 0) is 60.9 Å². The van der Waals surface area contributed by atoms with Crippen molar-refractivity contribution in [2.75, 3.05) is 25.4 Å². The van der Waals surface area contributed by atoms with Crippen molar-refractivity contribution in [2.45, 2.75) is 25.8 Å². The lowest BCUT2D eigenvalue weighted by atomic mass is 10.3. The quantitative estimate of drug-likeness (QED) is 0.930. The second-order valence-electron chi connectivity index (χ2n) is 5.28. The van der Waals surface area contributed by atoms with E-state index in [1.807, 2.05) is 4.57 Å². The van der Waals surface area contributed by atoms with Crippen molar-refractivity contribution < 1.29 is 4.39 Å². The van der Waals surface area contributed by atoms with Gasteiger partial charge in [0.05, 0.1) is 15.5 Å².